The highest BCUT2D eigenvalue weighted by Gasteiger charge is 2.16. The topological polar surface area (TPSA) is 64.4 Å². The zero-order valence-corrected chi connectivity index (χ0v) is 9.59. The van der Waals surface area contributed by atoms with E-state index in [4.69, 9.17) is 4.74 Å². The zero-order chi connectivity index (χ0) is 12.1. The Morgan fingerprint density at radius 3 is 3.00 bits per heavy atom. The van der Waals surface area contributed by atoms with E-state index in [0.717, 1.165) is 32.6 Å². The minimum atomic E-state index is -0.360. The molecular formula is C12H16N2O3. The normalized spacial score (nSPS) is 19.2. The Bertz CT molecular complexity index is 389. The van der Waals surface area contributed by atoms with Gasteiger partial charge in [-0.2, -0.15) is 0 Å². The summed E-state index contributed by atoms with van der Waals surface area (Å²) in [6.45, 7) is 2.41. The lowest BCUT2D eigenvalue weighted by molar-refractivity contribution is -0.384. The number of hydrogen-bond donors (Lipinski definition) is 1. The molecule has 0 aromatic heterocycles. The first kappa shape index (κ1) is 11.9. The van der Waals surface area contributed by atoms with Crippen LogP contribution in [0, 0.1) is 16.0 Å². The molecule has 1 atom stereocenters. The molecule has 0 radical (unpaired) electrons. The number of nitrogens with zero attached hydrogens (tertiary/aromatic N) is 1. The van der Waals surface area contributed by atoms with Gasteiger partial charge in [-0.15, -0.1) is 0 Å². The van der Waals surface area contributed by atoms with E-state index in [9.17, 15) is 10.1 Å². The molecule has 2 rings (SSSR count). The van der Waals surface area contributed by atoms with Crippen LogP contribution in [0.1, 0.15) is 12.8 Å². The summed E-state index contributed by atoms with van der Waals surface area (Å²) >= 11 is 0. The molecule has 1 unspecified atom stereocenters. The smallest absolute Gasteiger partial charge is 0.292 e. The van der Waals surface area contributed by atoms with Crippen molar-refractivity contribution in [2.24, 2.45) is 5.92 Å². The molecule has 0 bridgehead atoms. The first-order chi connectivity index (χ1) is 8.27. The van der Waals surface area contributed by atoms with Gasteiger partial charge in [0.05, 0.1) is 4.92 Å². The maximum atomic E-state index is 10.8. The molecule has 1 N–H and O–H groups in total. The molecule has 1 saturated heterocycles. The van der Waals surface area contributed by atoms with Gasteiger partial charge in [-0.25, -0.2) is 0 Å². The molecule has 0 amide bonds. The van der Waals surface area contributed by atoms with Crippen molar-refractivity contribution in [3.8, 4) is 0 Å². The van der Waals surface area contributed by atoms with Gasteiger partial charge in [0, 0.05) is 25.8 Å². The van der Waals surface area contributed by atoms with E-state index in [0.29, 0.717) is 11.6 Å². The fraction of sp³-hybridized carbons (Fsp3) is 0.500. The van der Waals surface area contributed by atoms with E-state index in [-0.39, 0.29) is 10.6 Å². The van der Waals surface area contributed by atoms with Crippen LogP contribution in [0.3, 0.4) is 0 Å². The average Bonchev–Trinajstić information content (AvgIpc) is 2.82. The summed E-state index contributed by atoms with van der Waals surface area (Å²) in [5.41, 5.74) is 0.728. The fourth-order valence-electron chi connectivity index (χ4n) is 2.00. The summed E-state index contributed by atoms with van der Waals surface area (Å²) in [5.74, 6) is 0.588. The van der Waals surface area contributed by atoms with Crippen LogP contribution in [0.25, 0.3) is 0 Å². The third-order valence-corrected chi connectivity index (χ3v) is 2.99. The molecule has 0 saturated carbocycles. The van der Waals surface area contributed by atoms with Crippen LogP contribution in [-0.2, 0) is 4.74 Å². The Kier molecular flexibility index (Phi) is 3.93. The van der Waals surface area contributed by atoms with E-state index in [1.807, 2.05) is 0 Å². The minimum absolute atomic E-state index is 0.134. The standard InChI is InChI=1S/C12H16N2O3/c15-14(16)12-4-2-1-3-11(12)13-7-5-10-6-8-17-9-10/h1-4,10,13H,5-9H2. The maximum Gasteiger partial charge on any atom is 0.292 e. The second-order valence-electron chi connectivity index (χ2n) is 4.22. The van der Waals surface area contributed by atoms with Gasteiger partial charge in [0.2, 0.25) is 0 Å². The summed E-state index contributed by atoms with van der Waals surface area (Å²) in [6.07, 6.45) is 2.09. The summed E-state index contributed by atoms with van der Waals surface area (Å²) in [7, 11) is 0. The van der Waals surface area contributed by atoms with Gasteiger partial charge in [0.25, 0.3) is 5.69 Å². The number of hydrogen-bond acceptors (Lipinski definition) is 4. The molecule has 1 aliphatic heterocycles. The van der Waals surface area contributed by atoms with E-state index in [1.54, 1.807) is 18.2 Å². The van der Waals surface area contributed by atoms with Gasteiger partial charge in [-0.05, 0) is 24.8 Å². The Balaban J connectivity index is 1.87. The highest BCUT2D eigenvalue weighted by molar-refractivity contribution is 5.60. The predicted molar refractivity (Wildman–Crippen MR) is 65.1 cm³/mol. The average molecular weight is 236 g/mol. The Morgan fingerprint density at radius 1 is 1.47 bits per heavy atom. The van der Waals surface area contributed by atoms with Crippen LogP contribution in [0.5, 0.6) is 0 Å². The second kappa shape index (κ2) is 5.63. The molecule has 0 spiro atoms. The molecule has 1 heterocycles. The number of ether oxygens (including phenoxy) is 1. The first-order valence-electron chi connectivity index (χ1n) is 5.82. The van der Waals surface area contributed by atoms with Crippen molar-refractivity contribution in [1.82, 2.24) is 0 Å². The first-order valence-corrected chi connectivity index (χ1v) is 5.82. The molecule has 1 fully saturated rings. The van der Waals surface area contributed by atoms with E-state index < -0.39 is 0 Å². The minimum Gasteiger partial charge on any atom is -0.381 e. The molecular weight excluding hydrogens is 220 g/mol. The van der Waals surface area contributed by atoms with Crippen molar-refractivity contribution in [2.75, 3.05) is 25.1 Å². The summed E-state index contributed by atoms with van der Waals surface area (Å²) in [5, 5.41) is 13.9. The fourth-order valence-corrected chi connectivity index (χ4v) is 2.00. The van der Waals surface area contributed by atoms with Crippen molar-refractivity contribution in [3.63, 3.8) is 0 Å². The summed E-state index contributed by atoms with van der Waals surface area (Å²) in [6, 6.07) is 6.73. The number of para-hydroxylation sites is 2. The molecule has 17 heavy (non-hydrogen) atoms. The van der Waals surface area contributed by atoms with Gasteiger partial charge in [-0.3, -0.25) is 10.1 Å². The lowest BCUT2D eigenvalue weighted by Crippen LogP contribution is -2.10. The van der Waals surface area contributed by atoms with Crippen LogP contribution in [-0.4, -0.2) is 24.7 Å². The van der Waals surface area contributed by atoms with Crippen molar-refractivity contribution in [3.05, 3.63) is 34.4 Å². The Hall–Kier alpha value is -1.62. The quantitative estimate of drug-likeness (QED) is 0.630. The summed E-state index contributed by atoms with van der Waals surface area (Å²) in [4.78, 5) is 10.4. The number of nitrogens with one attached hydrogen (secondary N) is 1. The van der Waals surface area contributed by atoms with Crippen LogP contribution >= 0.6 is 0 Å². The molecule has 92 valence electrons. The predicted octanol–water partition coefficient (Wildman–Crippen LogP) is 2.43. The molecule has 1 aliphatic rings. The van der Waals surface area contributed by atoms with Gasteiger partial charge in [-0.1, -0.05) is 12.1 Å². The number of nitro benzene ring substituents is 1. The largest absolute Gasteiger partial charge is 0.381 e. The van der Waals surface area contributed by atoms with Crippen molar-refractivity contribution < 1.29 is 9.66 Å². The third-order valence-electron chi connectivity index (χ3n) is 2.99. The van der Waals surface area contributed by atoms with Gasteiger partial charge in [0.15, 0.2) is 0 Å². The van der Waals surface area contributed by atoms with Crippen LogP contribution in [0.2, 0.25) is 0 Å². The lowest BCUT2D eigenvalue weighted by Gasteiger charge is -2.09. The van der Waals surface area contributed by atoms with Gasteiger partial charge < -0.3 is 10.1 Å². The third kappa shape index (κ3) is 3.17. The zero-order valence-electron chi connectivity index (χ0n) is 9.59. The monoisotopic (exact) mass is 236 g/mol. The van der Waals surface area contributed by atoms with E-state index in [1.165, 1.54) is 6.07 Å². The highest BCUT2D eigenvalue weighted by Crippen LogP contribution is 2.24. The Labute approximate surface area is 99.9 Å². The van der Waals surface area contributed by atoms with Gasteiger partial charge in [0.1, 0.15) is 5.69 Å². The van der Waals surface area contributed by atoms with Crippen LogP contribution in [0.15, 0.2) is 24.3 Å². The lowest BCUT2D eigenvalue weighted by atomic mass is 10.1. The van der Waals surface area contributed by atoms with Crippen molar-refractivity contribution >= 4 is 11.4 Å². The molecule has 0 aliphatic carbocycles. The van der Waals surface area contributed by atoms with E-state index in [2.05, 4.69) is 5.32 Å². The SMILES string of the molecule is O=[N+]([O-])c1ccccc1NCCC1CCOC1. The molecule has 5 heteroatoms. The second-order valence-corrected chi connectivity index (χ2v) is 4.22. The van der Waals surface area contributed by atoms with Crippen molar-refractivity contribution in [2.45, 2.75) is 12.8 Å². The molecule has 5 nitrogen and oxygen atoms in total. The highest BCUT2D eigenvalue weighted by atomic mass is 16.6. The number of anilines is 1. The van der Waals surface area contributed by atoms with Crippen LogP contribution < -0.4 is 5.32 Å². The molecule has 1 aromatic carbocycles. The van der Waals surface area contributed by atoms with E-state index >= 15 is 0 Å². The Morgan fingerprint density at radius 2 is 2.29 bits per heavy atom. The number of rotatable bonds is 5. The number of nitro groups is 1. The van der Waals surface area contributed by atoms with Crippen LogP contribution in [0.4, 0.5) is 11.4 Å². The number of benzene rings is 1. The molecule has 1 aromatic rings. The summed E-state index contributed by atoms with van der Waals surface area (Å²) < 4.78 is 5.29. The maximum absolute atomic E-state index is 10.8. The van der Waals surface area contributed by atoms with Gasteiger partial charge >= 0.3 is 0 Å². The van der Waals surface area contributed by atoms with Crippen molar-refractivity contribution in [1.29, 1.82) is 0 Å².